The Kier molecular flexibility index (Phi) is 4.54. The Morgan fingerprint density at radius 1 is 1.25 bits per heavy atom. The predicted molar refractivity (Wildman–Crippen MR) is 76.5 cm³/mol. The third-order valence-electron chi connectivity index (χ3n) is 3.23. The lowest BCUT2D eigenvalue weighted by atomic mass is 10.0. The summed E-state index contributed by atoms with van der Waals surface area (Å²) >= 11 is 0. The van der Waals surface area contributed by atoms with Gasteiger partial charge in [-0.2, -0.15) is 5.26 Å². The molecule has 0 aromatic rings. The molecule has 1 amide bonds. The Morgan fingerprint density at radius 3 is 2.45 bits per heavy atom. The number of nitriles is 1. The van der Waals surface area contributed by atoms with Crippen molar-refractivity contribution in [2.24, 2.45) is 11.8 Å². The van der Waals surface area contributed by atoms with Gasteiger partial charge in [-0.25, -0.2) is 0 Å². The van der Waals surface area contributed by atoms with Crippen LogP contribution in [0.25, 0.3) is 0 Å². The van der Waals surface area contributed by atoms with Crippen LogP contribution in [0.1, 0.15) is 6.92 Å². The largest absolute Gasteiger partial charge is 0.377 e. The van der Waals surface area contributed by atoms with Gasteiger partial charge in [-0.3, -0.25) is 4.79 Å². The van der Waals surface area contributed by atoms with Gasteiger partial charge in [-0.05, 0) is 6.92 Å². The average molecular weight is 270 g/mol. The molecule has 0 fully saturated rings. The van der Waals surface area contributed by atoms with E-state index in [1.165, 1.54) is 0 Å². The lowest BCUT2D eigenvalue weighted by Crippen LogP contribution is -2.50. The van der Waals surface area contributed by atoms with Gasteiger partial charge in [0, 0.05) is 5.92 Å². The van der Waals surface area contributed by atoms with E-state index in [2.05, 4.69) is 11.4 Å². The van der Waals surface area contributed by atoms with Crippen molar-refractivity contribution < 1.29 is 9.53 Å². The lowest BCUT2D eigenvalue weighted by Gasteiger charge is -2.24. The fraction of sp³-hybridized carbons (Fsp3) is 0.375. The second-order valence-corrected chi connectivity index (χ2v) is 5.18. The zero-order valence-electron chi connectivity index (χ0n) is 11.5. The van der Waals surface area contributed by atoms with Gasteiger partial charge in [0.1, 0.15) is 5.54 Å². The molecule has 0 unspecified atom stereocenters. The maximum absolute atomic E-state index is 12.0. The van der Waals surface area contributed by atoms with Crippen LogP contribution in [0.2, 0.25) is 0 Å². The molecule has 0 saturated heterocycles. The van der Waals surface area contributed by atoms with Crippen molar-refractivity contribution >= 4 is 5.91 Å². The molecule has 4 heteroatoms. The van der Waals surface area contributed by atoms with E-state index in [4.69, 9.17) is 4.74 Å². The van der Waals surface area contributed by atoms with Crippen molar-refractivity contribution in [3.05, 3.63) is 48.6 Å². The summed E-state index contributed by atoms with van der Waals surface area (Å²) in [5.74, 6) is -0.207. The number of ether oxygens (including phenoxy) is 1. The highest BCUT2D eigenvalue weighted by molar-refractivity contribution is 5.84. The fourth-order valence-electron chi connectivity index (χ4n) is 2.05. The fourth-order valence-corrected chi connectivity index (χ4v) is 2.05. The van der Waals surface area contributed by atoms with Gasteiger partial charge in [0.05, 0.1) is 25.2 Å². The predicted octanol–water partition coefficient (Wildman–Crippen LogP) is 1.89. The Hall–Kier alpha value is -2.12. The molecule has 1 N–H and O–H groups in total. The van der Waals surface area contributed by atoms with Crippen LogP contribution in [0.5, 0.6) is 0 Å². The number of allylic oxidation sites excluding steroid dienone is 4. The topological polar surface area (TPSA) is 62.1 Å². The molecule has 0 aliphatic heterocycles. The molecule has 0 aromatic heterocycles. The van der Waals surface area contributed by atoms with E-state index in [0.717, 1.165) is 0 Å². The molecular formula is C16H18N2O2. The SMILES string of the molecule is C[C@](C#N)(COCC1C=CC=C1)NC(=O)C1C=CC=C1. The maximum atomic E-state index is 12.0. The zero-order chi connectivity index (χ0) is 14.4. The minimum Gasteiger partial charge on any atom is -0.377 e. The summed E-state index contributed by atoms with van der Waals surface area (Å²) in [4.78, 5) is 12.0. The zero-order valence-corrected chi connectivity index (χ0v) is 11.5. The van der Waals surface area contributed by atoms with Crippen LogP contribution < -0.4 is 5.32 Å². The molecule has 0 saturated carbocycles. The summed E-state index contributed by atoms with van der Waals surface area (Å²) in [6.07, 6.45) is 15.2. The standard InChI is InChI=1S/C16H18N2O2/c1-16(11-17,12-20-10-13-6-2-3-7-13)18-15(19)14-8-4-5-9-14/h2-9,13-14H,10,12H2,1H3,(H,18,19)/t16-/m0/s1. The Labute approximate surface area is 119 Å². The third-order valence-corrected chi connectivity index (χ3v) is 3.23. The first-order chi connectivity index (χ1) is 9.63. The lowest BCUT2D eigenvalue weighted by molar-refractivity contribution is -0.124. The monoisotopic (exact) mass is 270 g/mol. The van der Waals surface area contributed by atoms with E-state index in [1.807, 2.05) is 36.5 Å². The molecule has 2 aliphatic rings. The molecule has 20 heavy (non-hydrogen) atoms. The molecule has 2 rings (SSSR count). The molecular weight excluding hydrogens is 252 g/mol. The minimum atomic E-state index is -1.01. The second kappa shape index (κ2) is 6.36. The normalized spacial score (nSPS) is 20.2. The number of hydrogen-bond acceptors (Lipinski definition) is 3. The molecule has 104 valence electrons. The summed E-state index contributed by atoms with van der Waals surface area (Å²) in [7, 11) is 0. The Balaban J connectivity index is 1.81. The Morgan fingerprint density at radius 2 is 1.85 bits per heavy atom. The highest BCUT2D eigenvalue weighted by atomic mass is 16.5. The van der Waals surface area contributed by atoms with Gasteiger partial charge in [0.15, 0.2) is 0 Å². The first kappa shape index (κ1) is 14.3. The quantitative estimate of drug-likeness (QED) is 0.801. The molecule has 2 aliphatic carbocycles. The number of carbonyl (C=O) groups excluding carboxylic acids is 1. The number of nitrogens with one attached hydrogen (secondary N) is 1. The smallest absolute Gasteiger partial charge is 0.232 e. The van der Waals surface area contributed by atoms with Crippen molar-refractivity contribution in [2.45, 2.75) is 12.5 Å². The maximum Gasteiger partial charge on any atom is 0.232 e. The van der Waals surface area contributed by atoms with Gasteiger partial charge in [-0.1, -0.05) is 48.6 Å². The Bertz CT molecular complexity index is 501. The second-order valence-electron chi connectivity index (χ2n) is 5.18. The van der Waals surface area contributed by atoms with Crippen molar-refractivity contribution in [1.29, 1.82) is 5.26 Å². The number of hydrogen-bond donors (Lipinski definition) is 1. The highest BCUT2D eigenvalue weighted by Crippen LogP contribution is 2.13. The number of carbonyl (C=O) groups is 1. The van der Waals surface area contributed by atoms with Gasteiger partial charge in [-0.15, -0.1) is 0 Å². The molecule has 0 bridgehead atoms. The summed E-state index contributed by atoms with van der Waals surface area (Å²) < 4.78 is 5.56. The summed E-state index contributed by atoms with van der Waals surface area (Å²) in [5, 5.41) is 12.0. The molecule has 0 radical (unpaired) electrons. The van der Waals surface area contributed by atoms with E-state index >= 15 is 0 Å². The van der Waals surface area contributed by atoms with Crippen LogP contribution in [0.3, 0.4) is 0 Å². The van der Waals surface area contributed by atoms with Gasteiger partial charge in [0.2, 0.25) is 5.91 Å². The molecule has 0 heterocycles. The van der Waals surface area contributed by atoms with Crippen molar-refractivity contribution in [1.82, 2.24) is 5.32 Å². The van der Waals surface area contributed by atoms with Crippen LogP contribution in [0, 0.1) is 23.2 Å². The van der Waals surface area contributed by atoms with Crippen molar-refractivity contribution in [3.8, 4) is 6.07 Å². The molecule has 0 spiro atoms. The van der Waals surface area contributed by atoms with Crippen LogP contribution in [0.4, 0.5) is 0 Å². The summed E-state index contributed by atoms with van der Waals surface area (Å²) in [6, 6.07) is 2.12. The first-order valence-corrected chi connectivity index (χ1v) is 6.64. The highest BCUT2D eigenvalue weighted by Gasteiger charge is 2.29. The van der Waals surface area contributed by atoms with E-state index in [9.17, 15) is 10.1 Å². The summed E-state index contributed by atoms with van der Waals surface area (Å²) in [5.41, 5.74) is -1.01. The van der Waals surface area contributed by atoms with E-state index < -0.39 is 5.54 Å². The van der Waals surface area contributed by atoms with E-state index in [1.54, 1.807) is 19.1 Å². The van der Waals surface area contributed by atoms with Crippen LogP contribution >= 0.6 is 0 Å². The van der Waals surface area contributed by atoms with Gasteiger partial charge < -0.3 is 10.1 Å². The van der Waals surface area contributed by atoms with E-state index in [0.29, 0.717) is 6.61 Å². The van der Waals surface area contributed by atoms with Gasteiger partial charge >= 0.3 is 0 Å². The van der Waals surface area contributed by atoms with Crippen molar-refractivity contribution in [3.63, 3.8) is 0 Å². The van der Waals surface area contributed by atoms with Gasteiger partial charge in [0.25, 0.3) is 0 Å². The number of nitrogens with zero attached hydrogens (tertiary/aromatic N) is 1. The number of rotatable bonds is 6. The van der Waals surface area contributed by atoms with Crippen molar-refractivity contribution in [2.75, 3.05) is 13.2 Å². The van der Waals surface area contributed by atoms with Crippen LogP contribution in [-0.4, -0.2) is 24.7 Å². The number of amides is 1. The summed E-state index contributed by atoms with van der Waals surface area (Å²) in [6.45, 7) is 2.37. The first-order valence-electron chi connectivity index (χ1n) is 6.64. The van der Waals surface area contributed by atoms with Crippen LogP contribution in [0.15, 0.2) is 48.6 Å². The van der Waals surface area contributed by atoms with E-state index in [-0.39, 0.29) is 24.3 Å². The minimum absolute atomic E-state index is 0.174. The molecule has 0 aromatic carbocycles. The molecule has 4 nitrogen and oxygen atoms in total. The average Bonchev–Trinajstić information content (AvgIpc) is 3.11. The van der Waals surface area contributed by atoms with Crippen LogP contribution in [-0.2, 0) is 9.53 Å². The molecule has 1 atom stereocenters. The third kappa shape index (κ3) is 3.69.